The molecule has 0 saturated heterocycles. The fourth-order valence-electron chi connectivity index (χ4n) is 6.37. The molecule has 51 heavy (non-hydrogen) atoms. The molecular formula is C49H52N2. The van der Waals surface area contributed by atoms with E-state index >= 15 is 0 Å². The number of rotatable bonds is 15. The highest BCUT2D eigenvalue weighted by Crippen LogP contribution is 2.39. The van der Waals surface area contributed by atoms with Gasteiger partial charge in [-0.25, -0.2) is 4.98 Å². The van der Waals surface area contributed by atoms with Gasteiger partial charge in [-0.2, -0.15) is 0 Å². The highest BCUT2D eigenvalue weighted by Gasteiger charge is 2.22. The summed E-state index contributed by atoms with van der Waals surface area (Å²) in [6.07, 6.45) is 32.0. The molecule has 0 bridgehead atoms. The summed E-state index contributed by atoms with van der Waals surface area (Å²) in [4.78, 5) is 10.2. The lowest BCUT2D eigenvalue weighted by Crippen LogP contribution is -2.09. The molecule has 2 heterocycles. The lowest BCUT2D eigenvalue weighted by atomic mass is 9.84. The molecule has 1 aliphatic rings. The summed E-state index contributed by atoms with van der Waals surface area (Å²) in [5.41, 5.74) is 15.8. The van der Waals surface area contributed by atoms with Gasteiger partial charge < -0.3 is 0 Å². The molecule has 0 saturated carbocycles. The van der Waals surface area contributed by atoms with Crippen molar-refractivity contribution in [3.63, 3.8) is 0 Å². The van der Waals surface area contributed by atoms with Crippen LogP contribution in [-0.2, 0) is 12.8 Å². The Bertz CT molecular complexity index is 2010. The Kier molecular flexibility index (Phi) is 14.6. The number of aromatic nitrogens is 1. The first kappa shape index (κ1) is 38.2. The standard InChI is InChI=1S/C49H52N2/c1-9-14-15-16-20-30-44-34-46(38(8)48-45(13-5)37(7)47(25-12-4)51-49(48)40-27-18-17-19-28-40)43(35-50-44)32-31-36(6)41(24-11-3)33-42-29-22-21-26-39(42)23-10-2/h9-12,14-22,25-33,35H,2-3,6,13,23-24,34H2,1,4-5,7-8H3/b14-9-,16-15-,25-12-,30-20+,32-31-,41-33+,46-38+. The fraction of sp³-hybridized carbons (Fsp3) is 0.184. The van der Waals surface area contributed by atoms with Crippen molar-refractivity contribution in [2.24, 2.45) is 4.99 Å². The molecular weight excluding hydrogens is 617 g/mol. The Morgan fingerprint density at radius 3 is 2.31 bits per heavy atom. The number of hydrogen-bond donors (Lipinski definition) is 0. The summed E-state index contributed by atoms with van der Waals surface area (Å²) < 4.78 is 0. The van der Waals surface area contributed by atoms with Gasteiger partial charge >= 0.3 is 0 Å². The molecule has 2 aromatic carbocycles. The van der Waals surface area contributed by atoms with Crippen LogP contribution in [0.3, 0.4) is 0 Å². The van der Waals surface area contributed by atoms with Crippen molar-refractivity contribution in [2.75, 3.05) is 0 Å². The van der Waals surface area contributed by atoms with Crippen LogP contribution in [-0.4, -0.2) is 10.7 Å². The Labute approximate surface area is 307 Å². The van der Waals surface area contributed by atoms with Crippen molar-refractivity contribution in [3.05, 3.63) is 203 Å². The average Bonchev–Trinajstić information content (AvgIpc) is 3.15. The van der Waals surface area contributed by atoms with E-state index in [-0.39, 0.29) is 0 Å². The van der Waals surface area contributed by atoms with Crippen LogP contribution < -0.4 is 0 Å². The molecule has 2 heteroatoms. The maximum atomic E-state index is 5.30. The summed E-state index contributed by atoms with van der Waals surface area (Å²) in [6.45, 7) is 23.3. The molecule has 258 valence electrons. The minimum absolute atomic E-state index is 0.694. The highest BCUT2D eigenvalue weighted by molar-refractivity contribution is 6.01. The van der Waals surface area contributed by atoms with Gasteiger partial charge in [-0.1, -0.05) is 135 Å². The fourth-order valence-corrected chi connectivity index (χ4v) is 6.37. The van der Waals surface area contributed by atoms with Gasteiger partial charge in [0.1, 0.15) is 0 Å². The van der Waals surface area contributed by atoms with E-state index in [0.29, 0.717) is 12.8 Å². The van der Waals surface area contributed by atoms with Crippen molar-refractivity contribution in [1.82, 2.24) is 4.98 Å². The van der Waals surface area contributed by atoms with E-state index in [1.54, 1.807) is 0 Å². The maximum absolute atomic E-state index is 5.30. The van der Waals surface area contributed by atoms with Crippen LogP contribution in [0, 0.1) is 6.92 Å². The molecule has 1 aromatic heterocycles. The van der Waals surface area contributed by atoms with Gasteiger partial charge in [-0.05, 0) is 109 Å². The topological polar surface area (TPSA) is 25.2 Å². The van der Waals surface area contributed by atoms with Gasteiger partial charge in [0.2, 0.25) is 0 Å². The van der Waals surface area contributed by atoms with Gasteiger partial charge in [-0.15, -0.1) is 13.2 Å². The number of pyridine rings is 1. The maximum Gasteiger partial charge on any atom is 0.0787 e. The van der Waals surface area contributed by atoms with E-state index in [4.69, 9.17) is 9.98 Å². The summed E-state index contributed by atoms with van der Waals surface area (Å²) in [7, 11) is 0. The quantitative estimate of drug-likeness (QED) is 0.117. The third kappa shape index (κ3) is 9.99. The number of hydrogen-bond acceptors (Lipinski definition) is 2. The predicted octanol–water partition coefficient (Wildman–Crippen LogP) is 13.3. The summed E-state index contributed by atoms with van der Waals surface area (Å²) >= 11 is 0. The van der Waals surface area contributed by atoms with Gasteiger partial charge in [0.15, 0.2) is 0 Å². The predicted molar refractivity (Wildman–Crippen MR) is 226 cm³/mol. The lowest BCUT2D eigenvalue weighted by molar-refractivity contribution is 1.06. The van der Waals surface area contributed by atoms with Crippen LogP contribution in [0.25, 0.3) is 29.0 Å². The summed E-state index contributed by atoms with van der Waals surface area (Å²) in [5.74, 6) is 0. The minimum Gasteiger partial charge on any atom is -0.260 e. The first-order valence-corrected chi connectivity index (χ1v) is 17.9. The largest absolute Gasteiger partial charge is 0.260 e. The second kappa shape index (κ2) is 19.6. The number of nitrogens with zero attached hydrogens (tertiary/aromatic N) is 2. The molecule has 4 rings (SSSR count). The van der Waals surface area contributed by atoms with Crippen LogP contribution in [0.5, 0.6) is 0 Å². The third-order valence-electron chi connectivity index (χ3n) is 9.04. The average molecular weight is 669 g/mol. The van der Waals surface area contributed by atoms with Crippen molar-refractivity contribution in [3.8, 4) is 11.3 Å². The van der Waals surface area contributed by atoms with E-state index in [9.17, 15) is 0 Å². The van der Waals surface area contributed by atoms with Crippen LogP contribution in [0.2, 0.25) is 0 Å². The monoisotopic (exact) mass is 668 g/mol. The normalized spacial score (nSPS) is 15.0. The smallest absolute Gasteiger partial charge is 0.0787 e. The van der Waals surface area contributed by atoms with Crippen molar-refractivity contribution in [2.45, 2.75) is 60.3 Å². The molecule has 0 atom stereocenters. The van der Waals surface area contributed by atoms with E-state index in [1.807, 2.05) is 56.5 Å². The second-order valence-electron chi connectivity index (χ2n) is 12.5. The molecule has 0 fully saturated rings. The summed E-state index contributed by atoms with van der Waals surface area (Å²) in [6, 6.07) is 19.0. The number of allylic oxidation sites excluding steroid dienone is 16. The molecule has 2 nitrogen and oxygen atoms in total. The van der Waals surface area contributed by atoms with Crippen LogP contribution in [0.15, 0.2) is 175 Å². The first-order valence-electron chi connectivity index (χ1n) is 17.9. The first-order chi connectivity index (χ1) is 24.9. The van der Waals surface area contributed by atoms with Crippen molar-refractivity contribution in [1.29, 1.82) is 0 Å². The Balaban J connectivity index is 1.90. The second-order valence-corrected chi connectivity index (χ2v) is 12.5. The molecule has 0 aliphatic carbocycles. The minimum atomic E-state index is 0.694. The molecule has 0 amide bonds. The zero-order valence-electron chi connectivity index (χ0n) is 31.1. The number of benzene rings is 2. The molecule has 0 radical (unpaired) electrons. The molecule has 0 unspecified atom stereocenters. The van der Waals surface area contributed by atoms with Crippen LogP contribution in [0.1, 0.15) is 74.0 Å². The van der Waals surface area contributed by atoms with Crippen molar-refractivity contribution < 1.29 is 0 Å². The Hall–Kier alpha value is -5.60. The van der Waals surface area contributed by atoms with Gasteiger partial charge in [0, 0.05) is 29.5 Å². The van der Waals surface area contributed by atoms with E-state index in [2.05, 4.69) is 138 Å². The van der Waals surface area contributed by atoms with Gasteiger partial charge in [-0.3, -0.25) is 4.99 Å². The number of aliphatic imine (C=N–C) groups is 1. The highest BCUT2D eigenvalue weighted by atomic mass is 14.7. The third-order valence-corrected chi connectivity index (χ3v) is 9.04. The lowest BCUT2D eigenvalue weighted by Gasteiger charge is -2.23. The van der Waals surface area contributed by atoms with Crippen LogP contribution >= 0.6 is 0 Å². The zero-order chi connectivity index (χ0) is 36.6. The van der Waals surface area contributed by atoms with E-state index < -0.39 is 0 Å². The molecule has 0 N–H and O–H groups in total. The van der Waals surface area contributed by atoms with Gasteiger partial charge in [0.25, 0.3) is 0 Å². The zero-order valence-corrected chi connectivity index (χ0v) is 31.1. The van der Waals surface area contributed by atoms with Crippen molar-refractivity contribution >= 4 is 23.4 Å². The molecule has 1 aliphatic heterocycles. The van der Waals surface area contributed by atoms with Crippen LogP contribution in [0.4, 0.5) is 0 Å². The van der Waals surface area contributed by atoms with E-state index in [1.165, 1.54) is 39.0 Å². The molecule has 0 spiro atoms. The Morgan fingerprint density at radius 2 is 1.61 bits per heavy atom. The Morgan fingerprint density at radius 1 is 0.863 bits per heavy atom. The molecule has 3 aromatic rings. The van der Waals surface area contributed by atoms with Gasteiger partial charge in [0.05, 0.1) is 11.4 Å². The SMILES string of the molecule is C=CC/C(=C\c1ccccc1CC=C)C(=C)/C=C\C1=CN=C(/C=C/C=C\C=C/C)C/C1=C(/C)c1c(-c2ccccc2)nc(/C=C\C)c(C)c1CC. The van der Waals surface area contributed by atoms with E-state index in [0.717, 1.165) is 52.2 Å². The summed E-state index contributed by atoms with van der Waals surface area (Å²) in [5, 5.41) is 0.